The van der Waals surface area contributed by atoms with Crippen molar-refractivity contribution in [3.63, 3.8) is 0 Å². The van der Waals surface area contributed by atoms with Gasteiger partial charge in [-0.05, 0) is 41.5 Å². The summed E-state index contributed by atoms with van der Waals surface area (Å²) >= 11 is 2.91. The van der Waals surface area contributed by atoms with Gasteiger partial charge in [0.05, 0.1) is 29.0 Å². The van der Waals surface area contributed by atoms with E-state index in [0.717, 1.165) is 10.4 Å². The maximum Gasteiger partial charge on any atom is 0.338 e. The minimum absolute atomic E-state index is 0.154. The van der Waals surface area contributed by atoms with Crippen LogP contribution in [0.1, 0.15) is 48.7 Å². The van der Waals surface area contributed by atoms with Crippen molar-refractivity contribution in [3.05, 3.63) is 88.7 Å². The average molecular weight is 439 g/mol. The van der Waals surface area contributed by atoms with E-state index in [4.69, 9.17) is 4.74 Å². The minimum Gasteiger partial charge on any atom is -0.466 e. The Morgan fingerprint density at radius 1 is 1.23 bits per heavy atom. The third-order valence-electron chi connectivity index (χ3n) is 5.16. The van der Waals surface area contributed by atoms with Gasteiger partial charge in [-0.1, -0.05) is 55.5 Å². The number of hydrogen-bond donors (Lipinski definition) is 0. The van der Waals surface area contributed by atoms with Crippen LogP contribution in [0.2, 0.25) is 0 Å². The molecule has 0 amide bonds. The van der Waals surface area contributed by atoms with Crippen LogP contribution >= 0.6 is 22.7 Å². The Balaban J connectivity index is 1.95. The molecule has 0 fully saturated rings. The zero-order chi connectivity index (χ0) is 21.4. The van der Waals surface area contributed by atoms with Crippen molar-refractivity contribution in [2.75, 3.05) is 7.11 Å². The van der Waals surface area contributed by atoms with Gasteiger partial charge in [-0.2, -0.15) is 0 Å². The summed E-state index contributed by atoms with van der Waals surface area (Å²) in [5.74, 6) is -0.0779. The zero-order valence-corrected chi connectivity index (χ0v) is 18.8. The van der Waals surface area contributed by atoms with E-state index in [1.165, 1.54) is 24.0 Å². The van der Waals surface area contributed by atoms with Crippen LogP contribution in [-0.2, 0) is 9.53 Å². The van der Waals surface area contributed by atoms with Crippen LogP contribution in [0, 0.1) is 0 Å². The molecule has 1 atom stereocenters. The molecule has 1 aliphatic rings. The maximum atomic E-state index is 13.4. The molecule has 0 N–H and O–H groups in total. The molecule has 2 aromatic heterocycles. The predicted molar refractivity (Wildman–Crippen MR) is 121 cm³/mol. The van der Waals surface area contributed by atoms with Crippen molar-refractivity contribution in [2.24, 2.45) is 4.99 Å². The Morgan fingerprint density at radius 3 is 2.57 bits per heavy atom. The monoisotopic (exact) mass is 438 g/mol. The summed E-state index contributed by atoms with van der Waals surface area (Å²) < 4.78 is 7.26. The Kier molecular flexibility index (Phi) is 5.58. The van der Waals surface area contributed by atoms with Crippen LogP contribution in [0.3, 0.4) is 0 Å². The molecule has 3 aromatic rings. The summed E-state index contributed by atoms with van der Waals surface area (Å²) in [6.07, 6.45) is 1.88. The fourth-order valence-electron chi connectivity index (χ4n) is 3.57. The molecule has 1 aromatic carbocycles. The van der Waals surface area contributed by atoms with E-state index < -0.39 is 12.0 Å². The van der Waals surface area contributed by atoms with Gasteiger partial charge in [-0.3, -0.25) is 9.36 Å². The average Bonchev–Trinajstić information content (AvgIpc) is 3.35. The number of fused-ring (bicyclic) bond motifs is 1. The second-order valence-corrected chi connectivity index (χ2v) is 9.40. The van der Waals surface area contributed by atoms with Gasteiger partial charge in [0.1, 0.15) is 0 Å². The standard InChI is InChI=1S/C23H22N2O3S2/c1-13(2)15-7-9-16(10-8-15)20-19(22(27)28-4)14(3)24-23-25(20)21(26)18(30-23)12-17-6-5-11-29-17/h5-13,20H,1-4H3/b18-12-/t20-/m1/s1. The number of carbonyl (C=O) groups is 1. The number of nitrogens with zero attached hydrogens (tertiary/aromatic N) is 2. The van der Waals surface area contributed by atoms with Crippen molar-refractivity contribution in [2.45, 2.75) is 32.7 Å². The Labute approximate surface area is 182 Å². The van der Waals surface area contributed by atoms with Gasteiger partial charge in [-0.15, -0.1) is 11.3 Å². The highest BCUT2D eigenvalue weighted by atomic mass is 32.1. The van der Waals surface area contributed by atoms with Gasteiger partial charge in [0, 0.05) is 4.88 Å². The van der Waals surface area contributed by atoms with Crippen molar-refractivity contribution in [1.29, 1.82) is 0 Å². The van der Waals surface area contributed by atoms with E-state index in [0.29, 0.717) is 26.5 Å². The lowest BCUT2D eigenvalue weighted by Gasteiger charge is -2.24. The molecule has 0 saturated carbocycles. The number of rotatable bonds is 4. The van der Waals surface area contributed by atoms with Crippen LogP contribution < -0.4 is 14.9 Å². The number of thiophene rings is 1. The van der Waals surface area contributed by atoms with Gasteiger partial charge in [-0.25, -0.2) is 9.79 Å². The molecule has 5 nitrogen and oxygen atoms in total. The molecule has 154 valence electrons. The van der Waals surface area contributed by atoms with E-state index in [1.807, 2.05) is 47.9 Å². The molecule has 7 heteroatoms. The first-order chi connectivity index (χ1) is 14.4. The fourth-order valence-corrected chi connectivity index (χ4v) is 5.34. The van der Waals surface area contributed by atoms with Crippen LogP contribution in [0.15, 0.2) is 62.8 Å². The van der Waals surface area contributed by atoms with E-state index in [9.17, 15) is 9.59 Å². The van der Waals surface area contributed by atoms with Crippen LogP contribution in [0.5, 0.6) is 0 Å². The predicted octanol–water partition coefficient (Wildman–Crippen LogP) is 3.59. The summed E-state index contributed by atoms with van der Waals surface area (Å²) in [6, 6.07) is 11.4. The van der Waals surface area contributed by atoms with Crippen LogP contribution in [0.4, 0.5) is 0 Å². The second-order valence-electron chi connectivity index (χ2n) is 7.41. The number of hydrogen-bond acceptors (Lipinski definition) is 6. The number of ether oxygens (including phenoxy) is 1. The Hall–Kier alpha value is -2.77. The first-order valence-electron chi connectivity index (χ1n) is 9.65. The molecular formula is C23H22N2O3S2. The third-order valence-corrected chi connectivity index (χ3v) is 6.96. The highest BCUT2D eigenvalue weighted by molar-refractivity contribution is 7.11. The topological polar surface area (TPSA) is 60.7 Å². The first-order valence-corrected chi connectivity index (χ1v) is 11.3. The van der Waals surface area contributed by atoms with Gasteiger partial charge < -0.3 is 4.74 Å². The SMILES string of the molecule is COC(=O)C1=C(C)N=c2s/c(=C\c3cccs3)c(=O)n2[C@@H]1c1ccc(C(C)C)cc1. The molecule has 0 spiro atoms. The summed E-state index contributed by atoms with van der Waals surface area (Å²) in [6.45, 7) is 6.05. The molecular weight excluding hydrogens is 416 g/mol. The van der Waals surface area contributed by atoms with Crippen molar-refractivity contribution >= 4 is 34.7 Å². The largest absolute Gasteiger partial charge is 0.466 e. The van der Waals surface area contributed by atoms with Gasteiger partial charge >= 0.3 is 5.97 Å². The minimum atomic E-state index is -0.569. The van der Waals surface area contributed by atoms with Gasteiger partial charge in [0.2, 0.25) is 0 Å². The summed E-state index contributed by atoms with van der Waals surface area (Å²) in [5, 5.41) is 1.97. The second kappa shape index (κ2) is 8.16. The smallest absolute Gasteiger partial charge is 0.338 e. The fraction of sp³-hybridized carbons (Fsp3) is 0.261. The van der Waals surface area contributed by atoms with Gasteiger partial charge in [0.25, 0.3) is 5.56 Å². The Bertz CT molecular complexity index is 1290. The van der Waals surface area contributed by atoms with E-state index in [1.54, 1.807) is 22.8 Å². The van der Waals surface area contributed by atoms with Crippen LogP contribution in [0.25, 0.3) is 6.08 Å². The maximum absolute atomic E-state index is 13.4. The number of benzene rings is 1. The summed E-state index contributed by atoms with van der Waals surface area (Å²) in [7, 11) is 1.35. The van der Waals surface area contributed by atoms with E-state index >= 15 is 0 Å². The first kappa shape index (κ1) is 20.5. The number of carbonyl (C=O) groups excluding carboxylic acids is 1. The molecule has 4 rings (SSSR count). The zero-order valence-electron chi connectivity index (χ0n) is 17.2. The normalized spacial score (nSPS) is 16.6. The Morgan fingerprint density at radius 2 is 1.97 bits per heavy atom. The summed E-state index contributed by atoms with van der Waals surface area (Å²) in [4.78, 5) is 32.2. The van der Waals surface area contributed by atoms with Gasteiger partial charge in [0.15, 0.2) is 4.80 Å². The number of aromatic nitrogens is 1. The number of methoxy groups -OCH3 is 1. The van der Waals surface area contributed by atoms with Crippen molar-refractivity contribution in [3.8, 4) is 0 Å². The lowest BCUT2D eigenvalue weighted by atomic mass is 9.93. The molecule has 0 aliphatic carbocycles. The molecule has 0 radical (unpaired) electrons. The molecule has 30 heavy (non-hydrogen) atoms. The van der Waals surface area contributed by atoms with E-state index in [-0.39, 0.29) is 5.56 Å². The molecule has 1 aliphatic heterocycles. The van der Waals surface area contributed by atoms with Crippen LogP contribution in [-0.4, -0.2) is 17.6 Å². The highest BCUT2D eigenvalue weighted by Crippen LogP contribution is 2.31. The van der Waals surface area contributed by atoms with Crippen molar-refractivity contribution < 1.29 is 9.53 Å². The molecule has 0 bridgehead atoms. The lowest BCUT2D eigenvalue weighted by molar-refractivity contribution is -0.136. The number of thiazole rings is 1. The number of allylic oxidation sites excluding steroid dienone is 1. The highest BCUT2D eigenvalue weighted by Gasteiger charge is 2.33. The lowest BCUT2D eigenvalue weighted by Crippen LogP contribution is -2.39. The molecule has 0 unspecified atom stereocenters. The summed E-state index contributed by atoms with van der Waals surface area (Å²) in [5.41, 5.74) is 2.87. The van der Waals surface area contributed by atoms with Crippen molar-refractivity contribution in [1.82, 2.24) is 4.57 Å². The number of esters is 1. The van der Waals surface area contributed by atoms with E-state index in [2.05, 4.69) is 18.8 Å². The third kappa shape index (κ3) is 3.59. The quantitative estimate of drug-likeness (QED) is 0.585. The molecule has 3 heterocycles. The molecule has 0 saturated heterocycles.